The molecule has 0 radical (unpaired) electrons. The topological polar surface area (TPSA) is 104 Å². The summed E-state index contributed by atoms with van der Waals surface area (Å²) in [6, 6.07) is 12.9. The molecule has 0 unspecified atom stereocenters. The molecule has 2 fully saturated rings. The molecule has 0 spiro atoms. The number of carbonyl (C=O) groups excluding carboxylic acids is 1. The molecule has 226 valence electrons. The Morgan fingerprint density at radius 1 is 1.00 bits per heavy atom. The Hall–Kier alpha value is -4.03. The van der Waals surface area contributed by atoms with Crippen molar-refractivity contribution in [2.75, 3.05) is 67.5 Å². The summed E-state index contributed by atoms with van der Waals surface area (Å²) in [6.07, 6.45) is 3.42. The first kappa shape index (κ1) is 29.1. The Morgan fingerprint density at radius 2 is 1.77 bits per heavy atom. The molecule has 6 rings (SSSR count). The number of aryl methyl sites for hydroxylation is 1. The van der Waals surface area contributed by atoms with E-state index in [1.165, 1.54) is 22.2 Å². The van der Waals surface area contributed by atoms with Crippen molar-refractivity contribution < 1.29 is 17.6 Å². The van der Waals surface area contributed by atoms with E-state index in [0.29, 0.717) is 17.3 Å². The zero-order valence-corrected chi connectivity index (χ0v) is 25.3. The number of carbonyl (C=O) groups is 1. The first-order valence-electron chi connectivity index (χ1n) is 14.6. The zero-order chi connectivity index (χ0) is 30.1. The van der Waals surface area contributed by atoms with E-state index in [-0.39, 0.29) is 42.5 Å². The minimum absolute atomic E-state index is 0.0544. The van der Waals surface area contributed by atoms with Crippen molar-refractivity contribution in [1.29, 1.82) is 0 Å². The number of amides is 1. The highest BCUT2D eigenvalue weighted by Crippen LogP contribution is 2.27. The smallest absolute Gasteiger partial charge is 0.229 e. The molecule has 2 aromatic heterocycles. The first-order chi connectivity index (χ1) is 20.7. The van der Waals surface area contributed by atoms with Crippen LogP contribution in [0.2, 0.25) is 0 Å². The summed E-state index contributed by atoms with van der Waals surface area (Å²) < 4.78 is 40.3. The number of likely N-dealkylation sites (N-methyl/N-ethyl adjacent to an activating group) is 1. The van der Waals surface area contributed by atoms with Gasteiger partial charge >= 0.3 is 0 Å². The van der Waals surface area contributed by atoms with Crippen LogP contribution in [0.15, 0.2) is 54.9 Å². The molecular weight excluding hydrogens is 569 g/mol. The minimum atomic E-state index is -3.10. The van der Waals surface area contributed by atoms with Crippen LogP contribution in [0.3, 0.4) is 0 Å². The lowest BCUT2D eigenvalue weighted by Gasteiger charge is -2.36. The van der Waals surface area contributed by atoms with Crippen LogP contribution in [-0.2, 0) is 21.1 Å². The number of rotatable bonds is 7. The van der Waals surface area contributed by atoms with E-state index >= 15 is 4.39 Å². The summed E-state index contributed by atoms with van der Waals surface area (Å²) in [4.78, 5) is 28.3. The highest BCUT2D eigenvalue weighted by atomic mass is 32.2. The van der Waals surface area contributed by atoms with Gasteiger partial charge in [-0.05, 0) is 61.0 Å². The van der Waals surface area contributed by atoms with Gasteiger partial charge in [-0.15, -0.1) is 0 Å². The van der Waals surface area contributed by atoms with Crippen molar-refractivity contribution in [3.8, 4) is 5.69 Å². The SMILES string of the molecule is CCN1CCN(c2ccc(Nc3ncc4ccn(-c5ccc(CC(=O)N6CCS(=O)(=O)CC6)c(F)c5)c4n3)cc2C)CC1. The Morgan fingerprint density at radius 3 is 2.47 bits per heavy atom. The summed E-state index contributed by atoms with van der Waals surface area (Å²) in [5, 5.41) is 4.12. The first-order valence-corrected chi connectivity index (χ1v) is 16.5. The van der Waals surface area contributed by atoms with Gasteiger partial charge < -0.3 is 24.6 Å². The largest absolute Gasteiger partial charge is 0.369 e. The van der Waals surface area contributed by atoms with E-state index < -0.39 is 15.7 Å². The van der Waals surface area contributed by atoms with Crippen LogP contribution in [0.5, 0.6) is 0 Å². The molecule has 1 amide bonds. The van der Waals surface area contributed by atoms with Gasteiger partial charge in [0.05, 0.1) is 17.9 Å². The summed E-state index contributed by atoms with van der Waals surface area (Å²) in [6.45, 7) is 9.86. The molecule has 2 aliphatic heterocycles. The normalized spacial score (nSPS) is 17.4. The molecule has 2 aromatic carbocycles. The lowest BCUT2D eigenvalue weighted by molar-refractivity contribution is -0.130. The van der Waals surface area contributed by atoms with Gasteiger partial charge in [0.25, 0.3) is 0 Å². The molecule has 0 saturated carbocycles. The highest BCUT2D eigenvalue weighted by Gasteiger charge is 2.25. The van der Waals surface area contributed by atoms with Crippen molar-refractivity contribution in [3.63, 3.8) is 0 Å². The van der Waals surface area contributed by atoms with E-state index in [2.05, 4.69) is 46.1 Å². The molecule has 1 N–H and O–H groups in total. The molecule has 4 heterocycles. The fourth-order valence-electron chi connectivity index (χ4n) is 5.77. The van der Waals surface area contributed by atoms with E-state index in [4.69, 9.17) is 4.98 Å². The van der Waals surface area contributed by atoms with Crippen molar-refractivity contribution in [3.05, 3.63) is 71.8 Å². The predicted molar refractivity (Wildman–Crippen MR) is 167 cm³/mol. The van der Waals surface area contributed by atoms with Crippen molar-refractivity contribution >= 4 is 44.1 Å². The number of benzene rings is 2. The number of sulfone groups is 1. The molecule has 0 aliphatic carbocycles. The van der Waals surface area contributed by atoms with Gasteiger partial charge in [0.1, 0.15) is 11.5 Å². The van der Waals surface area contributed by atoms with E-state index in [1.54, 1.807) is 22.9 Å². The van der Waals surface area contributed by atoms with Gasteiger partial charge in [0.15, 0.2) is 9.84 Å². The average molecular weight is 606 g/mol. The monoisotopic (exact) mass is 605 g/mol. The third-order valence-corrected chi connectivity index (χ3v) is 10.0. The standard InChI is InChI=1S/C31H36FN7O3S/c1-3-36-10-12-37(13-11-36)28-7-5-25(18-22(28)2)34-31-33-21-24-8-9-39(30(24)35-31)26-6-4-23(27(32)20-26)19-29(40)38-14-16-43(41,42)17-15-38/h4-9,18,20-21H,3,10-17,19H2,1-2H3,(H,33,34,35). The molecule has 43 heavy (non-hydrogen) atoms. The highest BCUT2D eigenvalue weighted by molar-refractivity contribution is 7.91. The van der Waals surface area contributed by atoms with Crippen molar-refractivity contribution in [2.24, 2.45) is 0 Å². The van der Waals surface area contributed by atoms with Crippen molar-refractivity contribution in [2.45, 2.75) is 20.3 Å². The molecule has 2 saturated heterocycles. The molecule has 0 bridgehead atoms. The van der Waals surface area contributed by atoms with E-state index in [1.807, 2.05) is 18.3 Å². The lowest BCUT2D eigenvalue weighted by atomic mass is 10.1. The number of anilines is 3. The Bertz CT molecular complexity index is 1750. The van der Waals surface area contributed by atoms with Crippen LogP contribution in [-0.4, -0.2) is 96.0 Å². The molecule has 4 aromatic rings. The average Bonchev–Trinajstić information content (AvgIpc) is 3.41. The number of fused-ring (bicyclic) bond motifs is 1. The maximum Gasteiger partial charge on any atom is 0.229 e. The second-order valence-electron chi connectivity index (χ2n) is 11.2. The van der Waals surface area contributed by atoms with Gasteiger partial charge in [-0.25, -0.2) is 17.8 Å². The number of hydrogen-bond donors (Lipinski definition) is 1. The van der Waals surface area contributed by atoms with Crippen molar-refractivity contribution in [1.82, 2.24) is 24.3 Å². The van der Waals surface area contributed by atoms with Crippen LogP contribution >= 0.6 is 0 Å². The zero-order valence-electron chi connectivity index (χ0n) is 24.5. The van der Waals surface area contributed by atoms with Crippen LogP contribution in [0, 0.1) is 12.7 Å². The Kier molecular flexibility index (Phi) is 8.06. The molecule has 2 aliphatic rings. The fraction of sp³-hybridized carbons (Fsp3) is 0.387. The third-order valence-electron chi connectivity index (χ3n) is 8.39. The molecular formula is C31H36FN7O3S. The Balaban J connectivity index is 1.16. The van der Waals surface area contributed by atoms with Crippen LogP contribution < -0.4 is 10.2 Å². The van der Waals surface area contributed by atoms with Gasteiger partial charge in [-0.1, -0.05) is 13.0 Å². The number of nitrogens with one attached hydrogen (secondary N) is 1. The molecule has 0 atom stereocenters. The van der Waals surface area contributed by atoms with Gasteiger partial charge in [-0.3, -0.25) is 4.79 Å². The van der Waals surface area contributed by atoms with Gasteiger partial charge in [-0.2, -0.15) is 4.98 Å². The number of piperazine rings is 1. The third kappa shape index (κ3) is 6.35. The summed E-state index contributed by atoms with van der Waals surface area (Å²) in [5.41, 5.74) is 4.76. The second-order valence-corrected chi connectivity index (χ2v) is 13.5. The van der Waals surface area contributed by atoms with Gasteiger partial charge in [0, 0.05) is 74.1 Å². The summed E-state index contributed by atoms with van der Waals surface area (Å²) >= 11 is 0. The maximum atomic E-state index is 15.2. The molecule has 12 heteroatoms. The lowest BCUT2D eigenvalue weighted by Crippen LogP contribution is -2.46. The second kappa shape index (κ2) is 11.9. The predicted octanol–water partition coefficient (Wildman–Crippen LogP) is 3.55. The van der Waals surface area contributed by atoms with Gasteiger partial charge in [0.2, 0.25) is 11.9 Å². The maximum absolute atomic E-state index is 15.2. The number of aromatic nitrogens is 3. The minimum Gasteiger partial charge on any atom is -0.369 e. The molecule has 10 nitrogen and oxygen atoms in total. The van der Waals surface area contributed by atoms with E-state index in [0.717, 1.165) is 43.8 Å². The fourth-order valence-corrected chi connectivity index (χ4v) is 6.98. The van der Waals surface area contributed by atoms with Crippen LogP contribution in [0.1, 0.15) is 18.1 Å². The number of nitrogens with zero attached hydrogens (tertiary/aromatic N) is 6. The quantitative estimate of drug-likeness (QED) is 0.341. The van der Waals surface area contributed by atoms with Crippen LogP contribution in [0.25, 0.3) is 16.7 Å². The number of halogens is 1. The summed E-state index contributed by atoms with van der Waals surface area (Å²) in [7, 11) is -3.10. The van der Waals surface area contributed by atoms with E-state index in [9.17, 15) is 13.2 Å². The summed E-state index contributed by atoms with van der Waals surface area (Å²) in [5.74, 6) is -0.458. The van der Waals surface area contributed by atoms with Crippen LogP contribution in [0.4, 0.5) is 21.7 Å². The number of hydrogen-bond acceptors (Lipinski definition) is 8. The Labute approximate surface area is 251 Å².